The van der Waals surface area contributed by atoms with Gasteiger partial charge in [-0.3, -0.25) is 9.59 Å². The van der Waals surface area contributed by atoms with Crippen LogP contribution in [0, 0.1) is 11.8 Å². The number of carbonyl (C=O) groups excluding carboxylic acids is 3. The summed E-state index contributed by atoms with van der Waals surface area (Å²) >= 11 is 0. The van der Waals surface area contributed by atoms with Crippen LogP contribution < -0.4 is 10.6 Å². The molecule has 2 N–H and O–H groups in total. The Morgan fingerprint density at radius 3 is 2.00 bits per heavy atom. The fourth-order valence-electron chi connectivity index (χ4n) is 4.85. The number of benzene rings is 2. The summed E-state index contributed by atoms with van der Waals surface area (Å²) in [5.41, 5.74) is 2.15. The van der Waals surface area contributed by atoms with Crippen LogP contribution in [0.1, 0.15) is 104 Å². The number of carbonyl (C=O) groups is 3. The second-order valence-electron chi connectivity index (χ2n) is 12.8. The van der Waals surface area contributed by atoms with Crippen molar-refractivity contribution in [1.29, 1.82) is 0 Å². The number of hydrogen-bond donors (Lipinski definition) is 2. The van der Waals surface area contributed by atoms with Crippen LogP contribution in [0.4, 0.5) is 4.79 Å². The molecule has 4 unspecified atom stereocenters. The van der Waals surface area contributed by atoms with E-state index in [9.17, 15) is 14.4 Å². The molecule has 0 saturated heterocycles. The summed E-state index contributed by atoms with van der Waals surface area (Å²) < 4.78 is 5.54. The maximum atomic E-state index is 14.6. The first-order valence-electron chi connectivity index (χ1n) is 15.5. The number of hydrogen-bond acceptors (Lipinski definition) is 4. The normalized spacial score (nSPS) is 14.4. The molecule has 232 valence electrons. The Morgan fingerprint density at radius 1 is 0.857 bits per heavy atom. The lowest BCUT2D eigenvalue weighted by Gasteiger charge is -2.40. The molecule has 0 aliphatic heterocycles. The van der Waals surface area contributed by atoms with E-state index in [0.29, 0.717) is 18.9 Å². The summed E-state index contributed by atoms with van der Waals surface area (Å²) in [6.07, 6.45) is 2.50. The Balaban J connectivity index is 2.59. The Hall–Kier alpha value is -3.35. The van der Waals surface area contributed by atoms with Gasteiger partial charge in [-0.1, -0.05) is 95.6 Å². The monoisotopic (exact) mass is 579 g/mol. The van der Waals surface area contributed by atoms with Gasteiger partial charge in [0.2, 0.25) is 11.8 Å². The molecule has 0 aliphatic rings. The van der Waals surface area contributed by atoms with Crippen molar-refractivity contribution in [3.63, 3.8) is 0 Å². The highest BCUT2D eigenvalue weighted by molar-refractivity contribution is 5.92. The van der Waals surface area contributed by atoms with Crippen LogP contribution in [0.3, 0.4) is 0 Å². The van der Waals surface area contributed by atoms with Crippen molar-refractivity contribution in [2.45, 2.75) is 118 Å². The molecule has 7 nitrogen and oxygen atoms in total. The van der Waals surface area contributed by atoms with Crippen molar-refractivity contribution in [2.75, 3.05) is 0 Å². The van der Waals surface area contributed by atoms with E-state index in [4.69, 9.17) is 4.74 Å². The van der Waals surface area contributed by atoms with Crippen LogP contribution in [-0.4, -0.2) is 40.5 Å². The van der Waals surface area contributed by atoms with Gasteiger partial charge in [0.25, 0.3) is 0 Å². The third kappa shape index (κ3) is 10.8. The quantitative estimate of drug-likeness (QED) is 0.248. The lowest BCUT2D eigenvalue weighted by molar-refractivity contribution is -0.146. The van der Waals surface area contributed by atoms with Crippen molar-refractivity contribution in [3.05, 3.63) is 71.3 Å². The van der Waals surface area contributed by atoms with Gasteiger partial charge in [-0.25, -0.2) is 4.79 Å². The van der Waals surface area contributed by atoms with Crippen LogP contribution in [0.5, 0.6) is 0 Å². The van der Waals surface area contributed by atoms with Crippen molar-refractivity contribution in [3.8, 4) is 0 Å². The highest BCUT2D eigenvalue weighted by Gasteiger charge is 2.40. The van der Waals surface area contributed by atoms with E-state index in [1.807, 2.05) is 75.4 Å². The topological polar surface area (TPSA) is 87.7 Å². The highest BCUT2D eigenvalue weighted by atomic mass is 16.6. The number of rotatable bonds is 14. The molecule has 0 bridgehead atoms. The van der Waals surface area contributed by atoms with E-state index in [0.717, 1.165) is 36.0 Å². The Labute approximate surface area is 253 Å². The second kappa shape index (κ2) is 16.3. The maximum absolute atomic E-state index is 14.6. The van der Waals surface area contributed by atoms with Crippen LogP contribution in [-0.2, 0) is 27.3 Å². The average molecular weight is 580 g/mol. The first-order valence-corrected chi connectivity index (χ1v) is 15.5. The molecule has 0 radical (unpaired) electrons. The van der Waals surface area contributed by atoms with Gasteiger partial charge in [0.1, 0.15) is 17.7 Å². The van der Waals surface area contributed by atoms with Gasteiger partial charge in [0.15, 0.2) is 0 Å². The molecule has 0 aliphatic carbocycles. The first kappa shape index (κ1) is 34.8. The zero-order chi connectivity index (χ0) is 31.4. The fourth-order valence-corrected chi connectivity index (χ4v) is 4.85. The minimum absolute atomic E-state index is 0.180. The predicted molar refractivity (Wildman–Crippen MR) is 170 cm³/mol. The number of aryl methyl sites for hydroxylation is 1. The van der Waals surface area contributed by atoms with Crippen LogP contribution in [0.15, 0.2) is 54.6 Å². The summed E-state index contributed by atoms with van der Waals surface area (Å²) in [5, 5.41) is 5.95. The van der Waals surface area contributed by atoms with Gasteiger partial charge >= 0.3 is 6.09 Å². The number of amides is 3. The average Bonchev–Trinajstić information content (AvgIpc) is 2.95. The SMILES string of the molecule is CCc1ccc(C(C(=O)NCc2ccccc2)N(C(=O)C(NC(=O)OC(C)(C)C)C(C)CC)C(C)CCC(C)C)cc1. The highest BCUT2D eigenvalue weighted by Crippen LogP contribution is 2.29. The number of alkyl carbamates (subject to hydrolysis) is 1. The summed E-state index contributed by atoms with van der Waals surface area (Å²) in [6.45, 7) is 18.0. The zero-order valence-electron chi connectivity index (χ0n) is 27.2. The maximum Gasteiger partial charge on any atom is 0.408 e. The molecule has 3 amide bonds. The van der Waals surface area contributed by atoms with Crippen molar-refractivity contribution < 1.29 is 19.1 Å². The fraction of sp³-hybridized carbons (Fsp3) is 0.571. The summed E-state index contributed by atoms with van der Waals surface area (Å²) in [7, 11) is 0. The standard InChI is InChI=1S/C35H53N3O4/c1-10-25(5)30(37-34(41)42-35(7,8)9)33(40)38(26(6)18-17-24(3)4)31(29-21-19-27(11-2)20-22-29)32(39)36-23-28-15-13-12-14-16-28/h12-16,19-22,24-26,30-31H,10-11,17-18,23H2,1-9H3,(H,36,39)(H,37,41). The first-order chi connectivity index (χ1) is 19.8. The molecule has 2 aromatic carbocycles. The minimum Gasteiger partial charge on any atom is -0.444 e. The van der Waals surface area contributed by atoms with Gasteiger partial charge in [0, 0.05) is 12.6 Å². The molecule has 4 atom stereocenters. The molecule has 0 fully saturated rings. The molecule has 0 aromatic heterocycles. The van der Waals surface area contributed by atoms with Crippen LogP contribution >= 0.6 is 0 Å². The largest absolute Gasteiger partial charge is 0.444 e. The summed E-state index contributed by atoms with van der Waals surface area (Å²) in [4.78, 5) is 43.4. The number of ether oxygens (including phenoxy) is 1. The molecule has 2 aromatic rings. The minimum atomic E-state index is -0.874. The molecule has 42 heavy (non-hydrogen) atoms. The van der Waals surface area contributed by atoms with Gasteiger partial charge in [0.05, 0.1) is 0 Å². The van der Waals surface area contributed by atoms with Gasteiger partial charge < -0.3 is 20.3 Å². The van der Waals surface area contributed by atoms with Crippen molar-refractivity contribution in [1.82, 2.24) is 15.5 Å². The molecule has 2 rings (SSSR count). The molecular formula is C35H53N3O4. The van der Waals surface area contributed by atoms with E-state index in [2.05, 4.69) is 31.4 Å². The van der Waals surface area contributed by atoms with Gasteiger partial charge in [-0.2, -0.15) is 0 Å². The number of nitrogens with one attached hydrogen (secondary N) is 2. The Bertz CT molecular complexity index is 1130. The van der Waals surface area contributed by atoms with E-state index in [1.54, 1.807) is 25.7 Å². The Kier molecular flexibility index (Phi) is 13.5. The smallest absolute Gasteiger partial charge is 0.408 e. The second-order valence-corrected chi connectivity index (χ2v) is 12.8. The third-order valence-electron chi connectivity index (χ3n) is 7.58. The van der Waals surface area contributed by atoms with E-state index >= 15 is 0 Å². The van der Waals surface area contributed by atoms with Crippen LogP contribution in [0.25, 0.3) is 0 Å². The summed E-state index contributed by atoms with van der Waals surface area (Å²) in [5.74, 6) is -0.289. The molecule has 0 spiro atoms. The predicted octanol–water partition coefficient (Wildman–Crippen LogP) is 7.20. The van der Waals surface area contributed by atoms with Crippen molar-refractivity contribution in [2.24, 2.45) is 11.8 Å². The molecule has 0 saturated carbocycles. The van der Waals surface area contributed by atoms with E-state index in [-0.39, 0.29) is 23.8 Å². The summed E-state index contributed by atoms with van der Waals surface area (Å²) in [6, 6.07) is 15.7. The number of nitrogens with zero attached hydrogens (tertiary/aromatic N) is 1. The lowest BCUT2D eigenvalue weighted by Crippen LogP contribution is -2.57. The molecular weight excluding hydrogens is 526 g/mol. The molecule has 0 heterocycles. The zero-order valence-corrected chi connectivity index (χ0v) is 27.2. The van der Waals surface area contributed by atoms with Crippen molar-refractivity contribution >= 4 is 17.9 Å². The van der Waals surface area contributed by atoms with E-state index in [1.165, 1.54) is 0 Å². The van der Waals surface area contributed by atoms with Crippen LogP contribution in [0.2, 0.25) is 0 Å². The van der Waals surface area contributed by atoms with Gasteiger partial charge in [-0.15, -0.1) is 0 Å². The molecule has 7 heteroatoms. The van der Waals surface area contributed by atoms with Gasteiger partial charge in [-0.05, 0) is 75.5 Å². The lowest BCUT2D eigenvalue weighted by atomic mass is 9.93. The third-order valence-corrected chi connectivity index (χ3v) is 7.58. The van der Waals surface area contributed by atoms with E-state index < -0.39 is 23.8 Å². The Morgan fingerprint density at radius 2 is 1.48 bits per heavy atom.